The molecule has 12 heavy (non-hydrogen) atoms. The molecular formula is C9H19NO2. The van der Waals surface area contributed by atoms with E-state index in [-0.39, 0.29) is 12.0 Å². The molecule has 0 amide bonds. The lowest BCUT2D eigenvalue weighted by Gasteiger charge is -2.15. The van der Waals surface area contributed by atoms with Crippen LogP contribution < -0.4 is 5.73 Å². The summed E-state index contributed by atoms with van der Waals surface area (Å²) in [7, 11) is 1.71. The predicted molar refractivity (Wildman–Crippen MR) is 47.7 cm³/mol. The first-order valence-electron chi connectivity index (χ1n) is 4.50. The zero-order valence-electron chi connectivity index (χ0n) is 7.92. The second-order valence-corrected chi connectivity index (χ2v) is 3.97. The van der Waals surface area contributed by atoms with Gasteiger partial charge in [0.25, 0.3) is 0 Å². The van der Waals surface area contributed by atoms with Gasteiger partial charge < -0.3 is 15.6 Å². The van der Waals surface area contributed by atoms with Gasteiger partial charge in [0.1, 0.15) is 0 Å². The van der Waals surface area contributed by atoms with E-state index in [1.165, 1.54) is 0 Å². The van der Waals surface area contributed by atoms with E-state index in [1.54, 1.807) is 7.11 Å². The highest BCUT2D eigenvalue weighted by atomic mass is 16.5. The summed E-state index contributed by atoms with van der Waals surface area (Å²) in [6.45, 7) is 3.75. The standard InChI is InChI=1S/C9H19NO2/c1-7(4-12-2)8-3-9(8,5-10)6-11/h7-8,11H,3-6,10H2,1-2H3. The van der Waals surface area contributed by atoms with Crippen molar-refractivity contribution in [3.63, 3.8) is 0 Å². The Bertz CT molecular complexity index is 145. The second kappa shape index (κ2) is 3.73. The first kappa shape index (κ1) is 9.96. The largest absolute Gasteiger partial charge is 0.396 e. The Morgan fingerprint density at radius 1 is 1.75 bits per heavy atom. The van der Waals surface area contributed by atoms with Gasteiger partial charge in [0, 0.05) is 25.7 Å². The minimum atomic E-state index is 0.0257. The predicted octanol–water partition coefficient (Wildman–Crippen LogP) is 0.226. The third kappa shape index (κ3) is 1.63. The smallest absolute Gasteiger partial charge is 0.0502 e. The molecule has 1 saturated carbocycles. The Balaban J connectivity index is 2.38. The molecule has 0 saturated heterocycles. The Kier molecular flexibility index (Phi) is 3.09. The molecule has 3 N–H and O–H groups in total. The van der Waals surface area contributed by atoms with Gasteiger partial charge in [-0.1, -0.05) is 6.92 Å². The van der Waals surface area contributed by atoms with Gasteiger partial charge in [-0.3, -0.25) is 0 Å². The van der Waals surface area contributed by atoms with Gasteiger partial charge in [-0.2, -0.15) is 0 Å². The van der Waals surface area contributed by atoms with Crippen LogP contribution in [0.2, 0.25) is 0 Å². The molecule has 3 atom stereocenters. The molecule has 3 nitrogen and oxygen atoms in total. The van der Waals surface area contributed by atoms with Crippen molar-refractivity contribution in [1.29, 1.82) is 0 Å². The van der Waals surface area contributed by atoms with Crippen LogP contribution in [0.4, 0.5) is 0 Å². The molecule has 0 aliphatic heterocycles. The number of nitrogens with two attached hydrogens (primary N) is 1. The lowest BCUT2D eigenvalue weighted by atomic mass is 9.97. The van der Waals surface area contributed by atoms with Gasteiger partial charge in [0.05, 0.1) is 6.61 Å². The van der Waals surface area contributed by atoms with E-state index < -0.39 is 0 Å². The monoisotopic (exact) mass is 173 g/mol. The van der Waals surface area contributed by atoms with Gasteiger partial charge in [-0.25, -0.2) is 0 Å². The normalized spacial score (nSPS) is 36.5. The number of rotatable bonds is 5. The highest BCUT2D eigenvalue weighted by Gasteiger charge is 2.54. The SMILES string of the molecule is COCC(C)C1CC1(CN)CO. The molecule has 0 bridgehead atoms. The third-order valence-electron chi connectivity index (χ3n) is 3.09. The summed E-state index contributed by atoms with van der Waals surface area (Å²) in [5, 5.41) is 9.12. The molecule has 1 aliphatic rings. The first-order valence-corrected chi connectivity index (χ1v) is 4.50. The maximum atomic E-state index is 9.12. The minimum absolute atomic E-state index is 0.0257. The van der Waals surface area contributed by atoms with Crippen LogP contribution in [0, 0.1) is 17.3 Å². The first-order chi connectivity index (χ1) is 5.70. The fourth-order valence-electron chi connectivity index (χ4n) is 2.04. The summed E-state index contributed by atoms with van der Waals surface area (Å²) in [5.74, 6) is 1.08. The van der Waals surface area contributed by atoms with Crippen LogP contribution in [0.15, 0.2) is 0 Å². The van der Waals surface area contributed by atoms with E-state index in [4.69, 9.17) is 15.6 Å². The molecule has 1 aliphatic carbocycles. The van der Waals surface area contributed by atoms with Crippen molar-refractivity contribution in [3.05, 3.63) is 0 Å². The summed E-state index contributed by atoms with van der Waals surface area (Å²) >= 11 is 0. The Morgan fingerprint density at radius 3 is 2.75 bits per heavy atom. The maximum absolute atomic E-state index is 9.12. The zero-order chi connectivity index (χ0) is 9.19. The Labute approximate surface area is 73.9 Å². The minimum Gasteiger partial charge on any atom is -0.396 e. The molecule has 0 radical (unpaired) electrons. The van der Waals surface area contributed by atoms with E-state index in [9.17, 15) is 0 Å². The van der Waals surface area contributed by atoms with Crippen molar-refractivity contribution in [3.8, 4) is 0 Å². The fourth-order valence-corrected chi connectivity index (χ4v) is 2.04. The van der Waals surface area contributed by atoms with E-state index in [1.807, 2.05) is 0 Å². The molecule has 3 heteroatoms. The van der Waals surface area contributed by atoms with Crippen molar-refractivity contribution in [2.75, 3.05) is 26.9 Å². The van der Waals surface area contributed by atoms with Gasteiger partial charge >= 0.3 is 0 Å². The molecule has 3 unspecified atom stereocenters. The van der Waals surface area contributed by atoms with Crippen LogP contribution in [-0.4, -0.2) is 32.0 Å². The van der Waals surface area contributed by atoms with Crippen molar-refractivity contribution in [2.45, 2.75) is 13.3 Å². The topological polar surface area (TPSA) is 55.5 Å². The molecule has 72 valence electrons. The Morgan fingerprint density at radius 2 is 2.42 bits per heavy atom. The maximum Gasteiger partial charge on any atom is 0.0502 e. The number of methoxy groups -OCH3 is 1. The molecule has 0 aromatic heterocycles. The molecule has 0 aromatic rings. The number of ether oxygens (including phenoxy) is 1. The summed E-state index contributed by atoms with van der Waals surface area (Å²) in [6, 6.07) is 0. The van der Waals surface area contributed by atoms with Crippen LogP contribution in [-0.2, 0) is 4.74 Å². The second-order valence-electron chi connectivity index (χ2n) is 3.97. The molecule has 1 fully saturated rings. The summed E-state index contributed by atoms with van der Waals surface area (Å²) in [5.41, 5.74) is 5.63. The van der Waals surface area contributed by atoms with E-state index in [2.05, 4.69) is 6.92 Å². The molecule has 1 rings (SSSR count). The average Bonchev–Trinajstić information content (AvgIpc) is 2.80. The quantitative estimate of drug-likeness (QED) is 0.625. The van der Waals surface area contributed by atoms with Gasteiger partial charge in [0.2, 0.25) is 0 Å². The van der Waals surface area contributed by atoms with Crippen LogP contribution in [0.5, 0.6) is 0 Å². The van der Waals surface area contributed by atoms with Crippen LogP contribution >= 0.6 is 0 Å². The summed E-state index contributed by atoms with van der Waals surface area (Å²) in [6.07, 6.45) is 1.06. The number of aliphatic hydroxyl groups excluding tert-OH is 1. The highest BCUT2D eigenvalue weighted by molar-refractivity contribution is 5.04. The van der Waals surface area contributed by atoms with Crippen molar-refractivity contribution in [2.24, 2.45) is 23.0 Å². The van der Waals surface area contributed by atoms with Gasteiger partial charge in [-0.15, -0.1) is 0 Å². The van der Waals surface area contributed by atoms with Crippen molar-refractivity contribution in [1.82, 2.24) is 0 Å². The summed E-state index contributed by atoms with van der Waals surface area (Å²) < 4.78 is 5.06. The third-order valence-corrected chi connectivity index (χ3v) is 3.09. The van der Waals surface area contributed by atoms with Gasteiger partial charge in [0.15, 0.2) is 0 Å². The molecule has 0 aromatic carbocycles. The van der Waals surface area contributed by atoms with Crippen molar-refractivity contribution < 1.29 is 9.84 Å². The number of hydrogen-bond acceptors (Lipinski definition) is 3. The fraction of sp³-hybridized carbons (Fsp3) is 1.00. The lowest BCUT2D eigenvalue weighted by Crippen LogP contribution is -2.24. The molecular weight excluding hydrogens is 154 g/mol. The lowest BCUT2D eigenvalue weighted by molar-refractivity contribution is 0.128. The number of hydrogen-bond donors (Lipinski definition) is 2. The van der Waals surface area contributed by atoms with Crippen LogP contribution in [0.25, 0.3) is 0 Å². The van der Waals surface area contributed by atoms with E-state index >= 15 is 0 Å². The van der Waals surface area contributed by atoms with Gasteiger partial charge in [-0.05, 0) is 18.3 Å². The van der Waals surface area contributed by atoms with E-state index in [0.29, 0.717) is 18.4 Å². The van der Waals surface area contributed by atoms with Crippen LogP contribution in [0.3, 0.4) is 0 Å². The Hall–Kier alpha value is -0.120. The highest BCUT2D eigenvalue weighted by Crippen LogP contribution is 2.55. The summed E-state index contributed by atoms with van der Waals surface area (Å²) in [4.78, 5) is 0. The molecule has 0 heterocycles. The average molecular weight is 173 g/mol. The van der Waals surface area contributed by atoms with Crippen LogP contribution in [0.1, 0.15) is 13.3 Å². The van der Waals surface area contributed by atoms with E-state index in [0.717, 1.165) is 13.0 Å². The van der Waals surface area contributed by atoms with Crippen molar-refractivity contribution >= 4 is 0 Å². The molecule has 0 spiro atoms. The number of aliphatic hydroxyl groups is 1. The zero-order valence-corrected chi connectivity index (χ0v) is 7.92.